The number of hydrogen-bond acceptors (Lipinski definition) is 3. The highest BCUT2D eigenvalue weighted by atomic mass is 35.5. The molecule has 2 N–H and O–H groups in total. The summed E-state index contributed by atoms with van der Waals surface area (Å²) in [7, 11) is 0. The molecule has 0 aliphatic rings. The third-order valence-corrected chi connectivity index (χ3v) is 3.26. The van der Waals surface area contributed by atoms with Crippen LogP contribution in [0.15, 0.2) is 12.1 Å². The summed E-state index contributed by atoms with van der Waals surface area (Å²) in [6.45, 7) is 4.17. The van der Waals surface area contributed by atoms with E-state index in [1.807, 2.05) is 13.8 Å². The van der Waals surface area contributed by atoms with Crippen molar-refractivity contribution >= 4 is 23.5 Å². The summed E-state index contributed by atoms with van der Waals surface area (Å²) in [6.07, 6.45) is 1.44. The quantitative estimate of drug-likeness (QED) is 0.758. The van der Waals surface area contributed by atoms with E-state index in [4.69, 9.17) is 16.7 Å². The number of carbonyl (C=O) groups is 2. The maximum Gasteiger partial charge on any atom is 0.303 e. The monoisotopic (exact) mass is 298 g/mol. The molecule has 1 heterocycles. The van der Waals surface area contributed by atoms with Crippen molar-refractivity contribution in [3.63, 3.8) is 0 Å². The minimum Gasteiger partial charge on any atom is -0.481 e. The van der Waals surface area contributed by atoms with Crippen LogP contribution in [-0.4, -0.2) is 28.5 Å². The van der Waals surface area contributed by atoms with Crippen LogP contribution < -0.4 is 5.32 Å². The van der Waals surface area contributed by atoms with Crippen LogP contribution in [0.1, 0.15) is 42.7 Å². The van der Waals surface area contributed by atoms with Crippen LogP contribution in [0.3, 0.4) is 0 Å². The molecule has 20 heavy (non-hydrogen) atoms. The molecule has 0 spiro atoms. The van der Waals surface area contributed by atoms with E-state index in [1.165, 1.54) is 6.07 Å². The molecular formula is C14H19ClN2O3. The van der Waals surface area contributed by atoms with Crippen LogP contribution in [0.2, 0.25) is 5.15 Å². The summed E-state index contributed by atoms with van der Waals surface area (Å²) in [6, 6.07) is 3.20. The number of hydrogen-bond donors (Lipinski definition) is 2. The van der Waals surface area contributed by atoms with E-state index in [-0.39, 0.29) is 23.4 Å². The van der Waals surface area contributed by atoms with Crippen LogP contribution in [0.25, 0.3) is 0 Å². The third kappa shape index (κ3) is 5.17. The molecule has 0 radical (unpaired) electrons. The molecule has 0 bridgehead atoms. The second-order valence-electron chi connectivity index (χ2n) is 4.61. The molecule has 1 aromatic heterocycles. The van der Waals surface area contributed by atoms with Gasteiger partial charge in [0, 0.05) is 24.2 Å². The standard InChI is InChI=1S/C14H19ClN2O3/c1-3-9(5-13(18)19)8-16-14(20)10-6-11(4-2)17-12(15)7-10/h6-7,9H,3-5,8H2,1-2H3,(H,16,20)(H,18,19). The molecular weight excluding hydrogens is 280 g/mol. The molecule has 0 aliphatic heterocycles. The number of amides is 1. The van der Waals surface area contributed by atoms with Crippen molar-refractivity contribution in [2.24, 2.45) is 5.92 Å². The van der Waals surface area contributed by atoms with Gasteiger partial charge in [0.1, 0.15) is 5.15 Å². The van der Waals surface area contributed by atoms with E-state index in [9.17, 15) is 9.59 Å². The Hall–Kier alpha value is -1.62. The average molecular weight is 299 g/mol. The largest absolute Gasteiger partial charge is 0.481 e. The fraction of sp³-hybridized carbons (Fsp3) is 0.500. The Morgan fingerprint density at radius 3 is 2.65 bits per heavy atom. The van der Waals surface area contributed by atoms with Gasteiger partial charge in [-0.3, -0.25) is 9.59 Å². The summed E-state index contributed by atoms with van der Waals surface area (Å²) in [5.74, 6) is -1.18. The highest BCUT2D eigenvalue weighted by Gasteiger charge is 2.14. The van der Waals surface area contributed by atoms with Crippen molar-refractivity contribution in [1.29, 1.82) is 0 Å². The topological polar surface area (TPSA) is 79.3 Å². The lowest BCUT2D eigenvalue weighted by Gasteiger charge is -2.13. The van der Waals surface area contributed by atoms with Crippen LogP contribution in [0.4, 0.5) is 0 Å². The predicted octanol–water partition coefficient (Wildman–Crippen LogP) is 2.53. The Morgan fingerprint density at radius 1 is 1.40 bits per heavy atom. The smallest absolute Gasteiger partial charge is 0.303 e. The highest BCUT2D eigenvalue weighted by Crippen LogP contribution is 2.12. The maximum absolute atomic E-state index is 12.0. The zero-order valence-corrected chi connectivity index (χ0v) is 12.4. The number of carbonyl (C=O) groups excluding carboxylic acids is 1. The SMILES string of the molecule is CCc1cc(C(=O)NCC(CC)CC(=O)O)cc(Cl)n1. The molecule has 1 atom stereocenters. The molecule has 5 nitrogen and oxygen atoms in total. The van der Waals surface area contributed by atoms with Crippen molar-refractivity contribution in [1.82, 2.24) is 10.3 Å². The van der Waals surface area contributed by atoms with Gasteiger partial charge in [0.25, 0.3) is 5.91 Å². The Bertz CT molecular complexity index is 491. The molecule has 0 aliphatic carbocycles. The molecule has 0 saturated heterocycles. The molecule has 1 amide bonds. The Kier molecular flexibility index (Phi) is 6.45. The maximum atomic E-state index is 12.0. The zero-order valence-electron chi connectivity index (χ0n) is 11.6. The fourth-order valence-electron chi connectivity index (χ4n) is 1.81. The second kappa shape index (κ2) is 7.85. The lowest BCUT2D eigenvalue weighted by Crippen LogP contribution is -2.30. The minimum atomic E-state index is -0.855. The first-order chi connectivity index (χ1) is 9.46. The van der Waals surface area contributed by atoms with Gasteiger partial charge in [0.15, 0.2) is 0 Å². The summed E-state index contributed by atoms with van der Waals surface area (Å²) in [4.78, 5) is 26.8. The number of carboxylic acid groups (broad SMARTS) is 1. The lowest BCUT2D eigenvalue weighted by atomic mass is 10.0. The van der Waals surface area contributed by atoms with Gasteiger partial charge in [-0.1, -0.05) is 31.9 Å². The summed E-state index contributed by atoms with van der Waals surface area (Å²) >= 11 is 5.86. The van der Waals surface area contributed by atoms with Crippen LogP contribution in [-0.2, 0) is 11.2 Å². The minimum absolute atomic E-state index is 0.0497. The number of halogens is 1. The molecule has 6 heteroatoms. The van der Waals surface area contributed by atoms with Crippen molar-refractivity contribution in [2.45, 2.75) is 33.1 Å². The average Bonchev–Trinajstić information content (AvgIpc) is 2.41. The van der Waals surface area contributed by atoms with Gasteiger partial charge in [0.05, 0.1) is 0 Å². The van der Waals surface area contributed by atoms with E-state index < -0.39 is 5.97 Å². The highest BCUT2D eigenvalue weighted by molar-refractivity contribution is 6.29. The summed E-state index contributed by atoms with van der Waals surface area (Å²) < 4.78 is 0. The molecule has 1 aromatic rings. The van der Waals surface area contributed by atoms with Crippen molar-refractivity contribution in [3.05, 3.63) is 28.5 Å². The van der Waals surface area contributed by atoms with E-state index in [0.717, 1.165) is 5.69 Å². The first-order valence-corrected chi connectivity index (χ1v) is 7.00. The number of rotatable bonds is 7. The third-order valence-electron chi connectivity index (χ3n) is 3.06. The Morgan fingerprint density at radius 2 is 2.10 bits per heavy atom. The van der Waals surface area contributed by atoms with Gasteiger partial charge >= 0.3 is 5.97 Å². The Balaban J connectivity index is 2.66. The number of aromatic nitrogens is 1. The fourth-order valence-corrected chi connectivity index (χ4v) is 2.04. The van der Waals surface area contributed by atoms with Crippen molar-refractivity contribution in [2.75, 3.05) is 6.54 Å². The van der Waals surface area contributed by atoms with Gasteiger partial charge in [0.2, 0.25) is 0 Å². The number of carboxylic acids is 1. The van der Waals surface area contributed by atoms with Gasteiger partial charge in [-0.2, -0.15) is 0 Å². The lowest BCUT2D eigenvalue weighted by molar-refractivity contribution is -0.138. The van der Waals surface area contributed by atoms with Gasteiger partial charge in [-0.05, 0) is 24.5 Å². The van der Waals surface area contributed by atoms with Gasteiger partial charge < -0.3 is 10.4 Å². The normalized spacial score (nSPS) is 11.9. The molecule has 0 saturated carbocycles. The van der Waals surface area contributed by atoms with E-state index in [1.54, 1.807) is 6.07 Å². The predicted molar refractivity (Wildman–Crippen MR) is 77.0 cm³/mol. The Labute approximate surface area is 123 Å². The molecule has 1 unspecified atom stereocenters. The number of nitrogens with one attached hydrogen (secondary N) is 1. The first-order valence-electron chi connectivity index (χ1n) is 6.62. The number of aliphatic carboxylic acids is 1. The van der Waals surface area contributed by atoms with Crippen molar-refractivity contribution in [3.8, 4) is 0 Å². The van der Waals surface area contributed by atoms with Gasteiger partial charge in [-0.25, -0.2) is 4.98 Å². The van der Waals surface area contributed by atoms with E-state index in [2.05, 4.69) is 10.3 Å². The summed E-state index contributed by atoms with van der Waals surface area (Å²) in [5.41, 5.74) is 1.20. The van der Waals surface area contributed by atoms with Crippen molar-refractivity contribution < 1.29 is 14.7 Å². The second-order valence-corrected chi connectivity index (χ2v) is 4.99. The summed E-state index contributed by atoms with van der Waals surface area (Å²) in [5, 5.41) is 11.8. The van der Waals surface area contributed by atoms with Crippen LogP contribution in [0.5, 0.6) is 0 Å². The van der Waals surface area contributed by atoms with Crippen LogP contribution >= 0.6 is 11.6 Å². The van der Waals surface area contributed by atoms with Gasteiger partial charge in [-0.15, -0.1) is 0 Å². The molecule has 0 fully saturated rings. The first kappa shape index (κ1) is 16.4. The number of nitrogens with zero attached hydrogens (tertiary/aromatic N) is 1. The van der Waals surface area contributed by atoms with E-state index >= 15 is 0 Å². The molecule has 110 valence electrons. The number of aryl methyl sites for hydroxylation is 1. The number of pyridine rings is 1. The van der Waals surface area contributed by atoms with Crippen LogP contribution in [0, 0.1) is 5.92 Å². The zero-order chi connectivity index (χ0) is 15.1. The van der Waals surface area contributed by atoms with E-state index in [0.29, 0.717) is 24.9 Å². The molecule has 0 aromatic carbocycles. The molecule has 1 rings (SSSR count).